The molecule has 1 heterocycles. The Kier molecular flexibility index (Phi) is 4.37. The van der Waals surface area contributed by atoms with Crippen LogP contribution in [0.5, 0.6) is 0 Å². The van der Waals surface area contributed by atoms with E-state index in [9.17, 15) is 4.79 Å². The van der Waals surface area contributed by atoms with Gasteiger partial charge in [-0.15, -0.1) is 0 Å². The zero-order chi connectivity index (χ0) is 13.0. The van der Waals surface area contributed by atoms with Gasteiger partial charge in [0.1, 0.15) is 0 Å². The summed E-state index contributed by atoms with van der Waals surface area (Å²) in [4.78, 5) is 13.2. The van der Waals surface area contributed by atoms with Crippen molar-refractivity contribution in [1.82, 2.24) is 4.90 Å². The van der Waals surface area contributed by atoms with Crippen LogP contribution in [0.2, 0.25) is 0 Å². The van der Waals surface area contributed by atoms with Gasteiger partial charge in [0.05, 0.1) is 6.42 Å². The molecule has 98 valence electrons. The lowest BCUT2D eigenvalue weighted by atomic mass is 9.98. The van der Waals surface area contributed by atoms with E-state index in [0.717, 1.165) is 25.9 Å². The molecule has 1 fully saturated rings. The first-order chi connectivity index (χ1) is 8.66. The van der Waals surface area contributed by atoms with E-state index in [1.807, 2.05) is 6.07 Å². The van der Waals surface area contributed by atoms with E-state index in [2.05, 4.69) is 30.0 Å². The largest absolute Gasteiger partial charge is 0.481 e. The van der Waals surface area contributed by atoms with Crippen molar-refractivity contribution in [3.63, 3.8) is 0 Å². The molecular formula is C15H21NO2. The molecule has 1 atom stereocenters. The van der Waals surface area contributed by atoms with Crippen molar-refractivity contribution in [3.8, 4) is 0 Å². The maximum absolute atomic E-state index is 10.9. The van der Waals surface area contributed by atoms with Gasteiger partial charge in [0.25, 0.3) is 0 Å². The molecule has 1 saturated heterocycles. The lowest BCUT2D eigenvalue weighted by Crippen LogP contribution is -2.40. The Morgan fingerprint density at radius 1 is 1.39 bits per heavy atom. The van der Waals surface area contributed by atoms with E-state index in [-0.39, 0.29) is 12.5 Å². The monoisotopic (exact) mass is 247 g/mol. The van der Waals surface area contributed by atoms with Crippen LogP contribution in [0, 0.1) is 6.92 Å². The van der Waals surface area contributed by atoms with Gasteiger partial charge >= 0.3 is 5.97 Å². The van der Waals surface area contributed by atoms with Gasteiger partial charge in [-0.05, 0) is 37.4 Å². The summed E-state index contributed by atoms with van der Waals surface area (Å²) in [6.45, 7) is 4.02. The molecule has 1 aromatic carbocycles. The molecule has 18 heavy (non-hydrogen) atoms. The quantitative estimate of drug-likeness (QED) is 0.889. The Bertz CT molecular complexity index is 417. The van der Waals surface area contributed by atoms with Crippen LogP contribution < -0.4 is 0 Å². The summed E-state index contributed by atoms with van der Waals surface area (Å²) in [5.74, 6) is -0.684. The molecule has 1 aliphatic heterocycles. The SMILES string of the molecule is Cc1ccccc1CN1CCCCC1CC(=O)O. The average Bonchev–Trinajstić information content (AvgIpc) is 2.34. The summed E-state index contributed by atoms with van der Waals surface area (Å²) >= 11 is 0. The molecule has 0 aromatic heterocycles. The Balaban J connectivity index is 2.05. The normalized spacial score (nSPS) is 20.8. The Morgan fingerprint density at radius 3 is 2.89 bits per heavy atom. The van der Waals surface area contributed by atoms with Gasteiger partial charge in [-0.2, -0.15) is 0 Å². The van der Waals surface area contributed by atoms with E-state index in [1.165, 1.54) is 17.5 Å². The minimum absolute atomic E-state index is 0.204. The van der Waals surface area contributed by atoms with E-state index < -0.39 is 5.97 Å². The van der Waals surface area contributed by atoms with Gasteiger partial charge in [0.15, 0.2) is 0 Å². The van der Waals surface area contributed by atoms with Crippen LogP contribution in [0.15, 0.2) is 24.3 Å². The van der Waals surface area contributed by atoms with E-state index in [4.69, 9.17) is 5.11 Å². The van der Waals surface area contributed by atoms with Crippen molar-refractivity contribution in [2.45, 2.75) is 45.2 Å². The van der Waals surface area contributed by atoms with E-state index in [1.54, 1.807) is 0 Å². The van der Waals surface area contributed by atoms with E-state index >= 15 is 0 Å². The zero-order valence-corrected chi connectivity index (χ0v) is 10.9. The van der Waals surface area contributed by atoms with Crippen LogP contribution in [-0.4, -0.2) is 28.6 Å². The van der Waals surface area contributed by atoms with Gasteiger partial charge < -0.3 is 5.11 Å². The first-order valence-electron chi connectivity index (χ1n) is 6.67. The van der Waals surface area contributed by atoms with Crippen molar-refractivity contribution < 1.29 is 9.90 Å². The number of aryl methyl sites for hydroxylation is 1. The molecule has 3 heteroatoms. The number of hydrogen-bond acceptors (Lipinski definition) is 2. The van der Waals surface area contributed by atoms with Crippen LogP contribution in [0.3, 0.4) is 0 Å². The van der Waals surface area contributed by atoms with Crippen LogP contribution >= 0.6 is 0 Å². The van der Waals surface area contributed by atoms with Crippen molar-refractivity contribution in [3.05, 3.63) is 35.4 Å². The molecular weight excluding hydrogens is 226 g/mol. The van der Waals surface area contributed by atoms with Gasteiger partial charge in [0, 0.05) is 12.6 Å². The van der Waals surface area contributed by atoms with Crippen molar-refractivity contribution in [2.75, 3.05) is 6.54 Å². The molecule has 0 aliphatic carbocycles. The Labute approximate surface area is 108 Å². The number of benzene rings is 1. The summed E-state index contributed by atoms with van der Waals surface area (Å²) < 4.78 is 0. The number of aliphatic carboxylic acids is 1. The van der Waals surface area contributed by atoms with Crippen molar-refractivity contribution in [2.24, 2.45) is 0 Å². The minimum atomic E-state index is -0.684. The maximum Gasteiger partial charge on any atom is 0.304 e. The Morgan fingerprint density at radius 2 is 2.17 bits per heavy atom. The molecule has 1 aliphatic rings. The highest BCUT2D eigenvalue weighted by atomic mass is 16.4. The molecule has 0 bridgehead atoms. The fourth-order valence-corrected chi connectivity index (χ4v) is 2.71. The molecule has 1 N–H and O–H groups in total. The van der Waals surface area contributed by atoms with Crippen molar-refractivity contribution >= 4 is 5.97 Å². The second-order valence-corrected chi connectivity index (χ2v) is 5.14. The molecule has 0 radical (unpaired) electrons. The first-order valence-corrected chi connectivity index (χ1v) is 6.67. The molecule has 2 rings (SSSR count). The van der Waals surface area contributed by atoms with Gasteiger partial charge in [-0.1, -0.05) is 30.7 Å². The molecule has 1 unspecified atom stereocenters. The highest BCUT2D eigenvalue weighted by Gasteiger charge is 2.24. The minimum Gasteiger partial charge on any atom is -0.481 e. The van der Waals surface area contributed by atoms with E-state index in [0.29, 0.717) is 0 Å². The Hall–Kier alpha value is -1.35. The third kappa shape index (κ3) is 3.33. The summed E-state index contributed by atoms with van der Waals surface area (Å²) in [5.41, 5.74) is 2.60. The number of nitrogens with zero attached hydrogens (tertiary/aromatic N) is 1. The topological polar surface area (TPSA) is 40.5 Å². The van der Waals surface area contributed by atoms with Gasteiger partial charge in [-0.25, -0.2) is 0 Å². The van der Waals surface area contributed by atoms with Gasteiger partial charge in [0.2, 0.25) is 0 Å². The molecule has 0 spiro atoms. The van der Waals surface area contributed by atoms with Crippen LogP contribution in [-0.2, 0) is 11.3 Å². The molecule has 1 aromatic rings. The molecule has 3 nitrogen and oxygen atoms in total. The average molecular weight is 247 g/mol. The second-order valence-electron chi connectivity index (χ2n) is 5.14. The number of likely N-dealkylation sites (tertiary alicyclic amines) is 1. The number of carbonyl (C=O) groups is 1. The molecule has 0 saturated carbocycles. The smallest absolute Gasteiger partial charge is 0.304 e. The lowest BCUT2D eigenvalue weighted by molar-refractivity contribution is -0.138. The summed E-state index contributed by atoms with van der Waals surface area (Å²) in [6, 6.07) is 8.56. The third-order valence-electron chi connectivity index (χ3n) is 3.79. The number of carboxylic acids is 1. The molecule has 0 amide bonds. The number of piperidine rings is 1. The first kappa shape index (κ1) is 13.1. The summed E-state index contributed by atoms with van der Waals surface area (Å²) in [6.07, 6.45) is 3.62. The van der Waals surface area contributed by atoms with Crippen LogP contribution in [0.1, 0.15) is 36.8 Å². The number of carboxylic acid groups (broad SMARTS) is 1. The number of rotatable bonds is 4. The fraction of sp³-hybridized carbons (Fsp3) is 0.533. The van der Waals surface area contributed by atoms with Crippen molar-refractivity contribution in [1.29, 1.82) is 0 Å². The maximum atomic E-state index is 10.9. The predicted molar refractivity (Wildman–Crippen MR) is 71.5 cm³/mol. The predicted octanol–water partition coefficient (Wildman–Crippen LogP) is 2.82. The fourth-order valence-electron chi connectivity index (χ4n) is 2.71. The summed E-state index contributed by atoms with van der Waals surface area (Å²) in [7, 11) is 0. The second kappa shape index (κ2) is 6.01. The van der Waals surface area contributed by atoms with Crippen LogP contribution in [0.25, 0.3) is 0 Å². The lowest BCUT2D eigenvalue weighted by Gasteiger charge is -2.35. The highest BCUT2D eigenvalue weighted by molar-refractivity contribution is 5.67. The van der Waals surface area contributed by atoms with Crippen LogP contribution in [0.4, 0.5) is 0 Å². The highest BCUT2D eigenvalue weighted by Crippen LogP contribution is 2.22. The summed E-state index contributed by atoms with van der Waals surface area (Å²) in [5, 5.41) is 8.98. The number of hydrogen-bond donors (Lipinski definition) is 1. The zero-order valence-electron chi connectivity index (χ0n) is 10.9. The van der Waals surface area contributed by atoms with Gasteiger partial charge in [-0.3, -0.25) is 9.69 Å². The third-order valence-corrected chi connectivity index (χ3v) is 3.79. The standard InChI is InChI=1S/C15H21NO2/c1-12-6-2-3-7-13(12)11-16-9-5-4-8-14(16)10-15(17)18/h2-3,6-7,14H,4-5,8-11H2,1H3,(H,17,18).